The predicted octanol–water partition coefficient (Wildman–Crippen LogP) is -0.609. The molecule has 1 aromatic rings. The highest BCUT2D eigenvalue weighted by Crippen LogP contribution is 2.14. The van der Waals surface area contributed by atoms with Gasteiger partial charge in [-0.25, -0.2) is 0 Å². The zero-order valence-corrected chi connectivity index (χ0v) is 8.84. The Bertz CT molecular complexity index is 380. The molecular weight excluding hydrogens is 196 g/mol. The van der Waals surface area contributed by atoms with Crippen LogP contribution in [0, 0.1) is 0 Å². The number of aromatic nitrogens is 3. The molecule has 0 radical (unpaired) electrons. The lowest BCUT2D eigenvalue weighted by Crippen LogP contribution is -2.48. The summed E-state index contributed by atoms with van der Waals surface area (Å²) in [6, 6.07) is 0. The Labute approximate surface area is 87.5 Å². The fourth-order valence-electron chi connectivity index (χ4n) is 1.63. The second-order valence-corrected chi connectivity index (χ2v) is 4.23. The normalized spacial score (nSPS) is 16.3. The van der Waals surface area contributed by atoms with E-state index < -0.39 is 5.60 Å². The maximum atomic E-state index is 11.8. The van der Waals surface area contributed by atoms with Gasteiger partial charge in [0.2, 0.25) is 0 Å². The summed E-state index contributed by atoms with van der Waals surface area (Å²) in [5, 5.41) is 17.3. The van der Waals surface area contributed by atoms with Crippen LogP contribution in [0.3, 0.4) is 0 Å². The molecule has 0 fully saturated rings. The zero-order valence-electron chi connectivity index (χ0n) is 8.84. The van der Waals surface area contributed by atoms with Gasteiger partial charge in [0.25, 0.3) is 5.91 Å². The molecule has 1 amide bonds. The molecule has 6 heteroatoms. The van der Waals surface area contributed by atoms with E-state index >= 15 is 0 Å². The van der Waals surface area contributed by atoms with Crippen LogP contribution in [0.25, 0.3) is 0 Å². The third kappa shape index (κ3) is 1.85. The van der Waals surface area contributed by atoms with Crippen molar-refractivity contribution in [2.75, 3.05) is 6.54 Å². The molecule has 1 aliphatic heterocycles. The molecular formula is C9H14N4O2. The molecule has 0 unspecified atom stereocenters. The Morgan fingerprint density at radius 2 is 2.27 bits per heavy atom. The van der Waals surface area contributed by atoms with Gasteiger partial charge in [-0.2, -0.15) is 0 Å². The fraction of sp³-hybridized carbons (Fsp3) is 0.667. The summed E-state index contributed by atoms with van der Waals surface area (Å²) in [5.74, 6) is 0.496. The number of aliphatic hydroxyl groups is 1. The van der Waals surface area contributed by atoms with Crippen LogP contribution in [0.1, 0.15) is 19.7 Å². The van der Waals surface area contributed by atoms with E-state index in [-0.39, 0.29) is 5.91 Å². The number of nitrogens with zero attached hydrogens (tertiary/aromatic N) is 4. The topological polar surface area (TPSA) is 71.2 Å². The summed E-state index contributed by atoms with van der Waals surface area (Å²) in [5.41, 5.74) is -1.32. The van der Waals surface area contributed by atoms with Gasteiger partial charge in [0.05, 0.1) is 6.54 Å². The first kappa shape index (κ1) is 10.1. The highest BCUT2D eigenvalue weighted by atomic mass is 16.3. The van der Waals surface area contributed by atoms with Crippen LogP contribution in [0.15, 0.2) is 6.33 Å². The van der Waals surface area contributed by atoms with Gasteiger partial charge in [0, 0.05) is 13.1 Å². The first-order chi connectivity index (χ1) is 6.98. The first-order valence-electron chi connectivity index (χ1n) is 4.87. The summed E-state index contributed by atoms with van der Waals surface area (Å²) in [6.45, 7) is 4.68. The van der Waals surface area contributed by atoms with E-state index in [0.29, 0.717) is 19.6 Å². The van der Waals surface area contributed by atoms with Crippen molar-refractivity contribution in [2.24, 2.45) is 0 Å². The van der Waals surface area contributed by atoms with Gasteiger partial charge < -0.3 is 14.6 Å². The lowest BCUT2D eigenvalue weighted by molar-refractivity contribution is -0.149. The number of carbonyl (C=O) groups excluding carboxylic acids is 1. The number of carbonyl (C=O) groups is 1. The molecule has 0 atom stereocenters. The van der Waals surface area contributed by atoms with Gasteiger partial charge in [-0.05, 0) is 13.8 Å². The number of fused-ring (bicyclic) bond motifs is 1. The second-order valence-electron chi connectivity index (χ2n) is 4.23. The Kier molecular flexibility index (Phi) is 2.22. The molecule has 2 rings (SSSR count). The third-order valence-corrected chi connectivity index (χ3v) is 2.45. The van der Waals surface area contributed by atoms with Crippen LogP contribution in [0.2, 0.25) is 0 Å². The first-order valence-corrected chi connectivity index (χ1v) is 4.87. The fourth-order valence-corrected chi connectivity index (χ4v) is 1.63. The lowest BCUT2D eigenvalue weighted by Gasteiger charge is -2.31. The Morgan fingerprint density at radius 3 is 2.93 bits per heavy atom. The monoisotopic (exact) mass is 210 g/mol. The summed E-state index contributed by atoms with van der Waals surface area (Å²) < 4.78 is 1.91. The molecule has 0 saturated heterocycles. The van der Waals surface area contributed by atoms with E-state index in [0.717, 1.165) is 5.82 Å². The minimum Gasteiger partial charge on any atom is -0.381 e. The summed E-state index contributed by atoms with van der Waals surface area (Å²) in [7, 11) is 0. The average molecular weight is 210 g/mol. The van der Waals surface area contributed by atoms with Gasteiger partial charge in [-0.1, -0.05) is 0 Å². The van der Waals surface area contributed by atoms with Crippen molar-refractivity contribution in [3.8, 4) is 0 Å². The molecule has 0 aliphatic carbocycles. The highest BCUT2D eigenvalue weighted by Gasteiger charge is 2.31. The van der Waals surface area contributed by atoms with Crippen molar-refractivity contribution in [1.29, 1.82) is 0 Å². The van der Waals surface area contributed by atoms with Gasteiger partial charge in [-0.3, -0.25) is 4.79 Å². The molecule has 0 saturated carbocycles. The molecule has 0 spiro atoms. The van der Waals surface area contributed by atoms with Crippen molar-refractivity contribution in [2.45, 2.75) is 32.5 Å². The van der Waals surface area contributed by atoms with Crippen molar-refractivity contribution < 1.29 is 9.90 Å². The Hall–Kier alpha value is -1.43. The average Bonchev–Trinajstić information content (AvgIpc) is 2.61. The van der Waals surface area contributed by atoms with Crippen molar-refractivity contribution >= 4 is 5.91 Å². The maximum Gasteiger partial charge on any atom is 0.254 e. The van der Waals surface area contributed by atoms with Crippen molar-refractivity contribution in [3.63, 3.8) is 0 Å². The van der Waals surface area contributed by atoms with Gasteiger partial charge in [-0.15, -0.1) is 10.2 Å². The van der Waals surface area contributed by atoms with E-state index in [9.17, 15) is 9.90 Å². The largest absolute Gasteiger partial charge is 0.381 e. The number of amides is 1. The molecule has 0 bridgehead atoms. The molecule has 6 nitrogen and oxygen atoms in total. The Morgan fingerprint density at radius 1 is 1.53 bits per heavy atom. The van der Waals surface area contributed by atoms with Gasteiger partial charge in [0.15, 0.2) is 5.82 Å². The summed E-state index contributed by atoms with van der Waals surface area (Å²) in [4.78, 5) is 13.4. The zero-order chi connectivity index (χ0) is 11.1. The standard InChI is InChI=1S/C9H14N4O2/c1-9(2,15)8(14)12-3-4-13-6-10-11-7(13)5-12/h6,15H,3-5H2,1-2H3. The molecule has 1 N–H and O–H groups in total. The molecule has 1 aromatic heterocycles. The van der Waals surface area contributed by atoms with Gasteiger partial charge in [0.1, 0.15) is 11.9 Å². The number of hydrogen-bond acceptors (Lipinski definition) is 4. The minimum atomic E-state index is -1.32. The third-order valence-electron chi connectivity index (χ3n) is 2.45. The SMILES string of the molecule is CC(C)(O)C(=O)N1CCn2cnnc2C1. The molecule has 15 heavy (non-hydrogen) atoms. The van der Waals surface area contributed by atoms with Crippen LogP contribution in [0.4, 0.5) is 0 Å². The quantitative estimate of drug-likeness (QED) is 0.671. The smallest absolute Gasteiger partial charge is 0.254 e. The molecule has 0 aromatic carbocycles. The second kappa shape index (κ2) is 3.30. The van der Waals surface area contributed by atoms with Crippen LogP contribution in [-0.2, 0) is 17.9 Å². The highest BCUT2D eigenvalue weighted by molar-refractivity contribution is 5.84. The van der Waals surface area contributed by atoms with E-state index in [2.05, 4.69) is 10.2 Å². The minimum absolute atomic E-state index is 0.267. The van der Waals surface area contributed by atoms with E-state index in [4.69, 9.17) is 0 Å². The predicted molar refractivity (Wildman–Crippen MR) is 51.7 cm³/mol. The summed E-state index contributed by atoms with van der Waals surface area (Å²) in [6.07, 6.45) is 1.65. The van der Waals surface area contributed by atoms with E-state index in [1.54, 1.807) is 11.2 Å². The van der Waals surface area contributed by atoms with Crippen molar-refractivity contribution in [3.05, 3.63) is 12.2 Å². The van der Waals surface area contributed by atoms with Crippen LogP contribution in [0.5, 0.6) is 0 Å². The van der Waals surface area contributed by atoms with E-state index in [1.807, 2.05) is 4.57 Å². The van der Waals surface area contributed by atoms with Crippen LogP contribution in [-0.4, -0.2) is 42.8 Å². The Balaban J connectivity index is 2.14. The van der Waals surface area contributed by atoms with Crippen molar-refractivity contribution in [1.82, 2.24) is 19.7 Å². The number of rotatable bonds is 1. The summed E-state index contributed by atoms with van der Waals surface area (Å²) >= 11 is 0. The lowest BCUT2D eigenvalue weighted by atomic mass is 10.1. The van der Waals surface area contributed by atoms with E-state index in [1.165, 1.54) is 13.8 Å². The maximum absolute atomic E-state index is 11.8. The molecule has 2 heterocycles. The van der Waals surface area contributed by atoms with Crippen LogP contribution >= 0.6 is 0 Å². The number of hydrogen-bond donors (Lipinski definition) is 1. The van der Waals surface area contributed by atoms with Gasteiger partial charge >= 0.3 is 0 Å². The molecule has 1 aliphatic rings. The van der Waals surface area contributed by atoms with Crippen LogP contribution < -0.4 is 0 Å². The molecule has 82 valence electrons.